The van der Waals surface area contributed by atoms with Crippen molar-refractivity contribution in [2.45, 2.75) is 20.0 Å². The van der Waals surface area contributed by atoms with Gasteiger partial charge < -0.3 is 4.74 Å². The fourth-order valence-corrected chi connectivity index (χ4v) is 2.63. The lowest BCUT2D eigenvalue weighted by atomic mass is 10.1. The summed E-state index contributed by atoms with van der Waals surface area (Å²) < 4.78 is 46.6. The molecule has 0 atom stereocenters. The number of methoxy groups -OCH3 is 1. The van der Waals surface area contributed by atoms with Crippen LogP contribution in [0.5, 0.6) is 5.75 Å². The Bertz CT molecular complexity index is 881. The molecule has 0 radical (unpaired) electrons. The summed E-state index contributed by atoms with van der Waals surface area (Å²) in [6, 6.07) is 10.0. The topological polar surface area (TPSA) is 27.1 Å². The zero-order valence-corrected chi connectivity index (χ0v) is 12.9. The minimum atomic E-state index is -4.54. The van der Waals surface area contributed by atoms with Crippen molar-refractivity contribution in [1.82, 2.24) is 9.55 Å². The second-order valence-electron chi connectivity index (χ2n) is 5.41. The van der Waals surface area contributed by atoms with Crippen LogP contribution in [0.15, 0.2) is 36.4 Å². The molecule has 0 saturated heterocycles. The molecule has 0 amide bonds. The van der Waals surface area contributed by atoms with Gasteiger partial charge in [0, 0.05) is 0 Å². The highest BCUT2D eigenvalue weighted by atomic mass is 19.4. The van der Waals surface area contributed by atoms with Gasteiger partial charge >= 0.3 is 6.18 Å². The van der Waals surface area contributed by atoms with Gasteiger partial charge in [-0.2, -0.15) is 13.2 Å². The van der Waals surface area contributed by atoms with Gasteiger partial charge in [-0.25, -0.2) is 4.98 Å². The van der Waals surface area contributed by atoms with Crippen LogP contribution in [0.3, 0.4) is 0 Å². The maximum Gasteiger partial charge on any atom is 0.450 e. The first kappa shape index (κ1) is 15.4. The van der Waals surface area contributed by atoms with Crippen molar-refractivity contribution in [3.05, 3.63) is 53.3 Å². The monoisotopic (exact) mass is 320 g/mol. The molecule has 6 heteroatoms. The van der Waals surface area contributed by atoms with Crippen LogP contribution < -0.4 is 4.74 Å². The first-order valence-electron chi connectivity index (χ1n) is 7.02. The predicted octanol–water partition coefficient (Wildman–Crippen LogP) is 4.67. The molecule has 120 valence electrons. The second-order valence-corrected chi connectivity index (χ2v) is 5.41. The lowest BCUT2D eigenvalue weighted by molar-refractivity contribution is -0.145. The van der Waals surface area contributed by atoms with Gasteiger partial charge in [0.2, 0.25) is 5.82 Å². The van der Waals surface area contributed by atoms with E-state index in [2.05, 4.69) is 4.98 Å². The third kappa shape index (κ3) is 2.65. The Labute approximate surface area is 131 Å². The summed E-state index contributed by atoms with van der Waals surface area (Å²) in [5.41, 5.74) is 2.74. The van der Waals surface area contributed by atoms with Crippen LogP contribution >= 0.6 is 0 Å². The number of nitrogens with zero attached hydrogens (tertiary/aromatic N) is 2. The molecule has 2 aromatic carbocycles. The molecule has 0 saturated carbocycles. The van der Waals surface area contributed by atoms with Gasteiger partial charge in [-0.05, 0) is 55.3 Å². The van der Waals surface area contributed by atoms with Crippen molar-refractivity contribution in [3.8, 4) is 11.4 Å². The normalized spacial score (nSPS) is 11.9. The number of aryl methyl sites for hydroxylation is 2. The predicted molar refractivity (Wildman–Crippen MR) is 82.1 cm³/mol. The van der Waals surface area contributed by atoms with Crippen LogP contribution in [0, 0.1) is 13.8 Å². The molecule has 1 heterocycles. The van der Waals surface area contributed by atoms with E-state index in [0.29, 0.717) is 28.0 Å². The molecule has 0 aliphatic carbocycles. The van der Waals surface area contributed by atoms with E-state index in [1.54, 1.807) is 43.3 Å². The summed E-state index contributed by atoms with van der Waals surface area (Å²) >= 11 is 0. The highest BCUT2D eigenvalue weighted by molar-refractivity contribution is 5.79. The number of rotatable bonds is 2. The van der Waals surface area contributed by atoms with Crippen molar-refractivity contribution in [2.24, 2.45) is 0 Å². The van der Waals surface area contributed by atoms with Crippen LogP contribution in [0.25, 0.3) is 16.7 Å². The Morgan fingerprint density at radius 3 is 2.39 bits per heavy atom. The number of imidazole rings is 1. The van der Waals surface area contributed by atoms with Crippen LogP contribution in [0.4, 0.5) is 13.2 Å². The van der Waals surface area contributed by atoms with Crippen LogP contribution in [-0.2, 0) is 6.18 Å². The van der Waals surface area contributed by atoms with Crippen LogP contribution in [-0.4, -0.2) is 16.7 Å². The average molecular weight is 320 g/mol. The number of hydrogen-bond donors (Lipinski definition) is 0. The summed E-state index contributed by atoms with van der Waals surface area (Å²) in [7, 11) is 1.52. The largest absolute Gasteiger partial charge is 0.497 e. The number of halogens is 3. The second kappa shape index (κ2) is 5.30. The summed E-state index contributed by atoms with van der Waals surface area (Å²) in [5.74, 6) is -0.327. The van der Waals surface area contributed by atoms with Gasteiger partial charge in [0.25, 0.3) is 0 Å². The lowest BCUT2D eigenvalue weighted by Crippen LogP contribution is -2.14. The molecule has 23 heavy (non-hydrogen) atoms. The molecule has 0 bridgehead atoms. The van der Waals surface area contributed by atoms with Crippen molar-refractivity contribution in [2.75, 3.05) is 7.11 Å². The fourth-order valence-electron chi connectivity index (χ4n) is 2.63. The molecular formula is C17H15F3N2O. The van der Waals surface area contributed by atoms with Gasteiger partial charge in [0.1, 0.15) is 5.75 Å². The van der Waals surface area contributed by atoms with Crippen LogP contribution in [0.1, 0.15) is 17.0 Å². The molecule has 0 aliphatic heterocycles. The molecular weight excluding hydrogens is 305 g/mol. The van der Waals surface area contributed by atoms with Gasteiger partial charge in [-0.1, -0.05) is 6.07 Å². The number of aromatic nitrogens is 2. The molecule has 1 aromatic heterocycles. The number of benzene rings is 2. The molecule has 0 fully saturated rings. The first-order valence-corrected chi connectivity index (χ1v) is 7.02. The summed E-state index contributed by atoms with van der Waals surface area (Å²) in [4.78, 5) is 3.79. The van der Waals surface area contributed by atoms with E-state index in [1.165, 1.54) is 7.11 Å². The third-order valence-corrected chi connectivity index (χ3v) is 3.71. The van der Waals surface area contributed by atoms with Crippen molar-refractivity contribution < 1.29 is 17.9 Å². The van der Waals surface area contributed by atoms with Crippen molar-refractivity contribution in [3.63, 3.8) is 0 Å². The molecule has 3 nitrogen and oxygen atoms in total. The molecule has 0 N–H and O–H groups in total. The maximum atomic E-state index is 13.4. The Morgan fingerprint density at radius 2 is 1.78 bits per heavy atom. The van der Waals surface area contributed by atoms with E-state index in [9.17, 15) is 13.2 Å². The van der Waals surface area contributed by atoms with E-state index in [-0.39, 0.29) is 0 Å². The Kier molecular flexibility index (Phi) is 3.55. The van der Waals surface area contributed by atoms with Gasteiger partial charge in [0.15, 0.2) is 0 Å². The quantitative estimate of drug-likeness (QED) is 0.686. The van der Waals surface area contributed by atoms with Crippen LogP contribution in [0.2, 0.25) is 0 Å². The average Bonchev–Trinajstić information content (AvgIpc) is 2.85. The minimum absolute atomic E-state index is 0.318. The zero-order valence-electron chi connectivity index (χ0n) is 12.9. The number of hydrogen-bond acceptors (Lipinski definition) is 2. The van der Waals surface area contributed by atoms with E-state index in [1.807, 2.05) is 6.92 Å². The smallest absolute Gasteiger partial charge is 0.450 e. The SMILES string of the molecule is COc1ccc(-n2c(C(F)(F)F)nc3ccc(C)cc32)c(C)c1. The lowest BCUT2D eigenvalue weighted by Gasteiger charge is -2.14. The highest BCUT2D eigenvalue weighted by Crippen LogP contribution is 2.35. The van der Waals surface area contributed by atoms with Gasteiger partial charge in [-0.15, -0.1) is 0 Å². The standard InChI is InChI=1S/C17H15F3N2O/c1-10-4-6-13-15(8-10)22(16(21-13)17(18,19)20)14-7-5-12(23-3)9-11(14)2/h4-9H,1-3H3. The molecule has 0 unspecified atom stereocenters. The molecule has 0 spiro atoms. The fraction of sp³-hybridized carbons (Fsp3) is 0.235. The zero-order chi connectivity index (χ0) is 16.8. The van der Waals surface area contributed by atoms with E-state index in [4.69, 9.17) is 4.74 Å². The molecule has 3 rings (SSSR count). The summed E-state index contributed by atoms with van der Waals surface area (Å²) in [6.45, 7) is 3.59. The van der Waals surface area contributed by atoms with E-state index < -0.39 is 12.0 Å². The highest BCUT2D eigenvalue weighted by Gasteiger charge is 2.38. The Morgan fingerprint density at radius 1 is 1.04 bits per heavy atom. The Balaban J connectivity index is 2.36. The maximum absolute atomic E-state index is 13.4. The van der Waals surface area contributed by atoms with E-state index in [0.717, 1.165) is 10.1 Å². The van der Waals surface area contributed by atoms with Crippen molar-refractivity contribution in [1.29, 1.82) is 0 Å². The molecule has 0 aliphatic rings. The van der Waals surface area contributed by atoms with Gasteiger partial charge in [0.05, 0.1) is 23.8 Å². The number of alkyl halides is 3. The third-order valence-electron chi connectivity index (χ3n) is 3.71. The molecule has 3 aromatic rings. The Hall–Kier alpha value is -2.50. The van der Waals surface area contributed by atoms with Crippen molar-refractivity contribution >= 4 is 11.0 Å². The number of fused-ring (bicyclic) bond motifs is 1. The van der Waals surface area contributed by atoms with E-state index >= 15 is 0 Å². The summed E-state index contributed by atoms with van der Waals surface area (Å²) in [5, 5.41) is 0. The first-order chi connectivity index (χ1) is 10.8. The number of ether oxygens (including phenoxy) is 1. The summed E-state index contributed by atoms with van der Waals surface area (Å²) in [6.07, 6.45) is -4.54. The minimum Gasteiger partial charge on any atom is -0.497 e. The van der Waals surface area contributed by atoms with Gasteiger partial charge in [-0.3, -0.25) is 4.57 Å².